The van der Waals surface area contributed by atoms with E-state index in [1.807, 2.05) is 13.8 Å². The number of carbonyl (C=O) groups is 1. The number of nitrogens with zero attached hydrogens (tertiary/aromatic N) is 2. The number of rotatable bonds is 3. The van der Waals surface area contributed by atoms with Gasteiger partial charge in [0.2, 0.25) is 0 Å². The number of nitrogens with one attached hydrogen (secondary N) is 1. The highest BCUT2D eigenvalue weighted by Crippen LogP contribution is 2.23. The van der Waals surface area contributed by atoms with Crippen LogP contribution in [0, 0.1) is 11.7 Å². The van der Waals surface area contributed by atoms with Gasteiger partial charge in [-0.1, -0.05) is 44.5 Å². The maximum Gasteiger partial charge on any atom is 0.272 e. The highest BCUT2D eigenvalue weighted by atomic mass is 35.5. The van der Waals surface area contributed by atoms with E-state index in [1.54, 1.807) is 35.2 Å². The second-order valence-electron chi connectivity index (χ2n) is 7.66. The third-order valence-corrected chi connectivity index (χ3v) is 5.77. The molecule has 0 atom stereocenters. The molecule has 1 amide bonds. The van der Waals surface area contributed by atoms with E-state index in [4.69, 9.17) is 11.6 Å². The standard InChI is InChI=1S/C22H21ClFN3O2.C2H6/c1-13-6-8-27(9-7-13)22(29)18-10-14(2-5-19(18)24)11-20-16-4-3-15(23)12-17(16)21(28)26-25-20;1-2/h2-5,10,12-13H,6-9,11H2,1H3,(H,26,28);1-2H3. The maximum atomic E-state index is 14.4. The number of aromatic amines is 1. The Hall–Kier alpha value is -2.73. The summed E-state index contributed by atoms with van der Waals surface area (Å²) in [5, 5.41) is 8.23. The van der Waals surface area contributed by atoms with Gasteiger partial charge in [-0.15, -0.1) is 0 Å². The van der Waals surface area contributed by atoms with Crippen molar-refractivity contribution in [3.8, 4) is 0 Å². The number of hydrogen-bond acceptors (Lipinski definition) is 3. The normalized spacial score (nSPS) is 14.3. The van der Waals surface area contributed by atoms with Crippen LogP contribution in [0.25, 0.3) is 10.8 Å². The summed E-state index contributed by atoms with van der Waals surface area (Å²) in [4.78, 5) is 26.6. The molecule has 1 saturated heterocycles. The van der Waals surface area contributed by atoms with Gasteiger partial charge in [-0.2, -0.15) is 5.10 Å². The molecule has 0 spiro atoms. The number of amides is 1. The second kappa shape index (κ2) is 10.1. The molecule has 2 aromatic carbocycles. The minimum atomic E-state index is -0.525. The molecule has 0 saturated carbocycles. The first-order valence-corrected chi connectivity index (χ1v) is 11.0. The van der Waals surface area contributed by atoms with Crippen LogP contribution in [0.5, 0.6) is 0 Å². The van der Waals surface area contributed by atoms with Gasteiger partial charge in [0.05, 0.1) is 16.6 Å². The Labute approximate surface area is 186 Å². The first kappa shape index (κ1) is 22.9. The topological polar surface area (TPSA) is 66.1 Å². The van der Waals surface area contributed by atoms with Gasteiger partial charge in [0.15, 0.2) is 0 Å². The van der Waals surface area contributed by atoms with Crippen molar-refractivity contribution < 1.29 is 9.18 Å². The van der Waals surface area contributed by atoms with Crippen LogP contribution in [0.2, 0.25) is 5.02 Å². The van der Waals surface area contributed by atoms with Crippen LogP contribution in [0.15, 0.2) is 41.2 Å². The molecule has 1 fully saturated rings. The van der Waals surface area contributed by atoms with E-state index in [0.29, 0.717) is 46.9 Å². The average molecular weight is 444 g/mol. The molecular weight excluding hydrogens is 417 g/mol. The number of benzene rings is 2. The molecule has 2 heterocycles. The van der Waals surface area contributed by atoms with Gasteiger partial charge in [-0.25, -0.2) is 9.49 Å². The Kier molecular flexibility index (Phi) is 7.44. The zero-order valence-corrected chi connectivity index (χ0v) is 18.8. The quantitative estimate of drug-likeness (QED) is 0.604. The summed E-state index contributed by atoms with van der Waals surface area (Å²) < 4.78 is 14.4. The van der Waals surface area contributed by atoms with Gasteiger partial charge >= 0.3 is 0 Å². The van der Waals surface area contributed by atoms with Crippen molar-refractivity contribution in [2.45, 2.75) is 40.0 Å². The predicted octanol–water partition coefficient (Wildman–Crippen LogP) is 5.20. The SMILES string of the molecule is CC.CC1CCN(C(=O)c2cc(Cc3n[nH]c(=O)c4cc(Cl)ccc34)ccc2F)CC1. The molecule has 0 bridgehead atoms. The van der Waals surface area contributed by atoms with Crippen LogP contribution in [0.4, 0.5) is 4.39 Å². The number of aromatic nitrogens is 2. The lowest BCUT2D eigenvalue weighted by Crippen LogP contribution is -2.38. The molecule has 31 heavy (non-hydrogen) atoms. The van der Waals surface area contributed by atoms with Crippen LogP contribution in [-0.4, -0.2) is 34.1 Å². The zero-order chi connectivity index (χ0) is 22.5. The Bertz CT molecular complexity index is 1140. The van der Waals surface area contributed by atoms with Crippen molar-refractivity contribution in [2.75, 3.05) is 13.1 Å². The molecule has 1 aliphatic rings. The fourth-order valence-electron chi connectivity index (χ4n) is 3.75. The number of piperidine rings is 1. The minimum Gasteiger partial charge on any atom is -0.339 e. The van der Waals surface area contributed by atoms with Crippen molar-refractivity contribution in [3.63, 3.8) is 0 Å². The van der Waals surface area contributed by atoms with E-state index in [1.165, 1.54) is 6.07 Å². The highest BCUT2D eigenvalue weighted by Gasteiger charge is 2.24. The molecule has 1 aliphatic heterocycles. The lowest BCUT2D eigenvalue weighted by atomic mass is 9.97. The van der Waals surface area contributed by atoms with E-state index in [9.17, 15) is 14.0 Å². The number of H-pyrrole nitrogens is 1. The third kappa shape index (κ3) is 5.13. The monoisotopic (exact) mass is 443 g/mol. The van der Waals surface area contributed by atoms with Crippen LogP contribution >= 0.6 is 11.6 Å². The molecular formula is C24H27ClFN3O2. The fraction of sp³-hybridized carbons (Fsp3) is 0.375. The summed E-state index contributed by atoms with van der Waals surface area (Å²) in [5.74, 6) is -0.214. The summed E-state index contributed by atoms with van der Waals surface area (Å²) in [7, 11) is 0. The molecule has 0 unspecified atom stereocenters. The first-order chi connectivity index (χ1) is 14.9. The Morgan fingerprint density at radius 2 is 1.87 bits per heavy atom. The number of carbonyl (C=O) groups excluding carboxylic acids is 1. The predicted molar refractivity (Wildman–Crippen MR) is 122 cm³/mol. The van der Waals surface area contributed by atoms with Gasteiger partial charge < -0.3 is 4.90 Å². The minimum absolute atomic E-state index is 0.0776. The number of fused-ring (bicyclic) bond motifs is 1. The summed E-state index contributed by atoms with van der Waals surface area (Å²) in [5.41, 5.74) is 1.14. The highest BCUT2D eigenvalue weighted by molar-refractivity contribution is 6.31. The van der Waals surface area contributed by atoms with E-state index in [-0.39, 0.29) is 17.0 Å². The van der Waals surface area contributed by atoms with E-state index >= 15 is 0 Å². The number of halogens is 2. The Morgan fingerprint density at radius 3 is 2.58 bits per heavy atom. The number of likely N-dealkylation sites (tertiary alicyclic amines) is 1. The molecule has 1 N–H and O–H groups in total. The second-order valence-corrected chi connectivity index (χ2v) is 8.09. The molecule has 7 heteroatoms. The number of hydrogen-bond donors (Lipinski definition) is 1. The molecule has 0 radical (unpaired) electrons. The van der Waals surface area contributed by atoms with Crippen molar-refractivity contribution >= 4 is 28.3 Å². The van der Waals surface area contributed by atoms with Crippen molar-refractivity contribution in [1.29, 1.82) is 0 Å². The Morgan fingerprint density at radius 1 is 1.16 bits per heavy atom. The van der Waals surface area contributed by atoms with Gasteiger partial charge in [0.25, 0.3) is 11.5 Å². The van der Waals surface area contributed by atoms with Crippen molar-refractivity contribution in [2.24, 2.45) is 5.92 Å². The molecule has 4 rings (SSSR count). The van der Waals surface area contributed by atoms with Crippen LogP contribution in [0.1, 0.15) is 55.2 Å². The van der Waals surface area contributed by atoms with Crippen LogP contribution < -0.4 is 5.56 Å². The van der Waals surface area contributed by atoms with E-state index in [2.05, 4.69) is 17.1 Å². The lowest BCUT2D eigenvalue weighted by Gasteiger charge is -2.30. The lowest BCUT2D eigenvalue weighted by molar-refractivity contribution is 0.0692. The van der Waals surface area contributed by atoms with Crippen molar-refractivity contribution in [1.82, 2.24) is 15.1 Å². The largest absolute Gasteiger partial charge is 0.339 e. The fourth-order valence-corrected chi connectivity index (χ4v) is 3.92. The molecule has 0 aliphatic carbocycles. The maximum absolute atomic E-state index is 14.4. The average Bonchev–Trinajstić information content (AvgIpc) is 2.78. The van der Waals surface area contributed by atoms with Crippen LogP contribution in [0.3, 0.4) is 0 Å². The van der Waals surface area contributed by atoms with Crippen molar-refractivity contribution in [3.05, 3.63) is 74.4 Å². The van der Waals surface area contributed by atoms with Gasteiger partial charge in [0, 0.05) is 29.9 Å². The summed E-state index contributed by atoms with van der Waals surface area (Å²) >= 11 is 6.00. The molecule has 164 valence electrons. The van der Waals surface area contributed by atoms with E-state index < -0.39 is 5.82 Å². The summed E-state index contributed by atoms with van der Waals surface area (Å²) in [6, 6.07) is 9.59. The van der Waals surface area contributed by atoms with Gasteiger partial charge in [-0.05, 0) is 48.6 Å². The Balaban J connectivity index is 0.00000132. The third-order valence-electron chi connectivity index (χ3n) is 5.53. The smallest absolute Gasteiger partial charge is 0.272 e. The van der Waals surface area contributed by atoms with Crippen LogP contribution in [-0.2, 0) is 6.42 Å². The first-order valence-electron chi connectivity index (χ1n) is 10.7. The van der Waals surface area contributed by atoms with E-state index in [0.717, 1.165) is 18.4 Å². The summed E-state index contributed by atoms with van der Waals surface area (Å²) in [6.45, 7) is 7.46. The summed E-state index contributed by atoms with van der Waals surface area (Å²) in [6.07, 6.45) is 2.22. The zero-order valence-electron chi connectivity index (χ0n) is 18.0. The molecule has 3 aromatic rings. The van der Waals surface area contributed by atoms with Gasteiger partial charge in [-0.3, -0.25) is 9.59 Å². The molecule has 5 nitrogen and oxygen atoms in total. The van der Waals surface area contributed by atoms with Gasteiger partial charge in [0.1, 0.15) is 5.82 Å². The molecule has 1 aromatic heterocycles.